The topological polar surface area (TPSA) is 75.4 Å². The number of furan rings is 1. The molecule has 2 heterocycles. The highest BCUT2D eigenvalue weighted by Gasteiger charge is 2.22. The molecular formula is C13H15Cl2N3O3S. The molecule has 2 aromatic heterocycles. The van der Waals surface area contributed by atoms with Crippen molar-refractivity contribution < 1.29 is 12.8 Å². The van der Waals surface area contributed by atoms with Crippen LogP contribution < -0.4 is 4.72 Å². The minimum absolute atomic E-state index is 0.0427. The van der Waals surface area contributed by atoms with Crippen molar-refractivity contribution in [1.82, 2.24) is 14.6 Å². The zero-order valence-electron chi connectivity index (χ0n) is 12.0. The summed E-state index contributed by atoms with van der Waals surface area (Å²) in [6.07, 6.45) is 2.71. The molecule has 0 aliphatic carbocycles. The number of rotatable bonds is 6. The van der Waals surface area contributed by atoms with Crippen LogP contribution in [0.3, 0.4) is 0 Å². The predicted molar refractivity (Wildman–Crippen MR) is 84.6 cm³/mol. The summed E-state index contributed by atoms with van der Waals surface area (Å²) in [4.78, 5) is 5.56. The van der Waals surface area contributed by atoms with Crippen LogP contribution in [-0.2, 0) is 10.0 Å². The van der Waals surface area contributed by atoms with Crippen molar-refractivity contribution in [2.75, 3.05) is 20.6 Å². The third-order valence-corrected chi connectivity index (χ3v) is 5.12. The van der Waals surface area contributed by atoms with Gasteiger partial charge in [-0.2, -0.15) is 0 Å². The van der Waals surface area contributed by atoms with E-state index in [-0.39, 0.29) is 27.7 Å². The molecule has 2 aromatic rings. The second kappa shape index (κ2) is 6.97. The number of pyridine rings is 1. The van der Waals surface area contributed by atoms with E-state index < -0.39 is 10.0 Å². The number of likely N-dealkylation sites (N-methyl/N-ethyl adjacent to an activating group) is 1. The molecular weight excluding hydrogens is 349 g/mol. The van der Waals surface area contributed by atoms with E-state index in [9.17, 15) is 8.42 Å². The maximum atomic E-state index is 12.3. The van der Waals surface area contributed by atoms with Gasteiger partial charge in [-0.3, -0.25) is 4.90 Å². The van der Waals surface area contributed by atoms with E-state index in [4.69, 9.17) is 27.6 Å². The molecule has 0 fully saturated rings. The van der Waals surface area contributed by atoms with E-state index in [2.05, 4.69) is 9.71 Å². The zero-order valence-corrected chi connectivity index (χ0v) is 14.3. The van der Waals surface area contributed by atoms with Gasteiger partial charge in [0.15, 0.2) is 0 Å². The lowest BCUT2D eigenvalue weighted by atomic mass is 10.2. The molecule has 0 bridgehead atoms. The number of nitrogens with one attached hydrogen (secondary N) is 1. The fraction of sp³-hybridized carbons (Fsp3) is 0.308. The van der Waals surface area contributed by atoms with Gasteiger partial charge in [0.1, 0.15) is 15.8 Å². The molecule has 0 saturated heterocycles. The molecule has 0 aliphatic heterocycles. The molecule has 0 spiro atoms. The van der Waals surface area contributed by atoms with Crippen molar-refractivity contribution in [3.05, 3.63) is 46.6 Å². The van der Waals surface area contributed by atoms with Gasteiger partial charge in [-0.05, 0) is 32.3 Å². The first-order valence-electron chi connectivity index (χ1n) is 6.32. The molecule has 0 aromatic carbocycles. The summed E-state index contributed by atoms with van der Waals surface area (Å²) in [7, 11) is -0.0721. The van der Waals surface area contributed by atoms with Crippen LogP contribution in [0.15, 0.2) is 40.0 Å². The largest absolute Gasteiger partial charge is 0.468 e. The third-order valence-electron chi connectivity index (χ3n) is 3.04. The Balaban J connectivity index is 2.16. The normalized spacial score (nSPS) is 13.5. The molecule has 22 heavy (non-hydrogen) atoms. The third kappa shape index (κ3) is 3.99. The molecule has 6 nitrogen and oxygen atoms in total. The van der Waals surface area contributed by atoms with Crippen LogP contribution in [0.25, 0.3) is 0 Å². The molecule has 1 N–H and O–H groups in total. The molecule has 2 rings (SSSR count). The Kier molecular flexibility index (Phi) is 5.46. The fourth-order valence-electron chi connectivity index (χ4n) is 1.84. The van der Waals surface area contributed by atoms with Crippen molar-refractivity contribution in [3.63, 3.8) is 0 Å². The Morgan fingerprint density at radius 2 is 2.14 bits per heavy atom. The summed E-state index contributed by atoms with van der Waals surface area (Å²) in [6.45, 7) is 0.142. The lowest BCUT2D eigenvalue weighted by Gasteiger charge is -2.22. The van der Waals surface area contributed by atoms with Crippen LogP contribution in [0, 0.1) is 0 Å². The SMILES string of the molecule is CN(C)C(CNS(=O)(=O)c1cnc(Cl)c(Cl)c1)c1ccco1. The van der Waals surface area contributed by atoms with E-state index in [1.54, 1.807) is 18.4 Å². The fourth-order valence-corrected chi connectivity index (χ4v) is 3.18. The first kappa shape index (κ1) is 17.2. The number of aromatic nitrogens is 1. The Morgan fingerprint density at radius 1 is 1.41 bits per heavy atom. The van der Waals surface area contributed by atoms with Crippen molar-refractivity contribution in [2.24, 2.45) is 0 Å². The maximum absolute atomic E-state index is 12.3. The van der Waals surface area contributed by atoms with E-state index in [0.717, 1.165) is 6.20 Å². The van der Waals surface area contributed by atoms with Gasteiger partial charge in [0.25, 0.3) is 0 Å². The highest BCUT2D eigenvalue weighted by atomic mass is 35.5. The highest BCUT2D eigenvalue weighted by molar-refractivity contribution is 7.89. The van der Waals surface area contributed by atoms with Crippen LogP contribution in [-0.4, -0.2) is 38.9 Å². The molecule has 120 valence electrons. The number of nitrogens with zero attached hydrogens (tertiary/aromatic N) is 2. The van der Waals surface area contributed by atoms with E-state index >= 15 is 0 Å². The molecule has 0 radical (unpaired) electrons. The standard InChI is InChI=1S/C13H15Cl2N3O3S/c1-18(2)11(12-4-3-5-21-12)8-17-22(19,20)9-6-10(14)13(15)16-7-9/h3-7,11,17H,8H2,1-2H3. The summed E-state index contributed by atoms with van der Waals surface area (Å²) >= 11 is 11.5. The second-order valence-corrected chi connectivity index (χ2v) is 7.32. The molecule has 9 heteroatoms. The highest BCUT2D eigenvalue weighted by Crippen LogP contribution is 2.23. The zero-order chi connectivity index (χ0) is 16.3. The number of sulfonamides is 1. The van der Waals surface area contributed by atoms with Gasteiger partial charge in [0.05, 0.1) is 17.3 Å². The monoisotopic (exact) mass is 363 g/mol. The molecule has 0 amide bonds. The average Bonchev–Trinajstić information content (AvgIpc) is 2.95. The summed E-state index contributed by atoms with van der Waals surface area (Å²) in [5, 5.41) is 0.141. The Bertz CT molecular complexity index is 733. The van der Waals surface area contributed by atoms with Crippen molar-refractivity contribution in [3.8, 4) is 0 Å². The minimum atomic E-state index is -3.74. The van der Waals surface area contributed by atoms with Crippen LogP contribution >= 0.6 is 23.2 Å². The number of hydrogen-bond donors (Lipinski definition) is 1. The second-order valence-electron chi connectivity index (χ2n) is 4.79. The van der Waals surface area contributed by atoms with E-state index in [1.165, 1.54) is 6.07 Å². The average molecular weight is 364 g/mol. The number of hydrogen-bond acceptors (Lipinski definition) is 5. The van der Waals surface area contributed by atoms with Crippen LogP contribution in [0.4, 0.5) is 0 Å². The van der Waals surface area contributed by atoms with Gasteiger partial charge < -0.3 is 4.42 Å². The quantitative estimate of drug-likeness (QED) is 0.798. The van der Waals surface area contributed by atoms with Gasteiger partial charge in [0, 0.05) is 12.7 Å². The Hall–Kier alpha value is -1.12. The van der Waals surface area contributed by atoms with E-state index in [1.807, 2.05) is 19.0 Å². The van der Waals surface area contributed by atoms with Crippen LogP contribution in [0.5, 0.6) is 0 Å². The Morgan fingerprint density at radius 3 is 2.68 bits per heavy atom. The van der Waals surface area contributed by atoms with Gasteiger partial charge in [-0.15, -0.1) is 0 Å². The first-order chi connectivity index (χ1) is 10.3. The number of halogens is 2. The molecule has 0 saturated carbocycles. The van der Waals surface area contributed by atoms with Gasteiger partial charge in [-0.1, -0.05) is 23.2 Å². The maximum Gasteiger partial charge on any atom is 0.242 e. The van der Waals surface area contributed by atoms with Gasteiger partial charge >= 0.3 is 0 Å². The summed E-state index contributed by atoms with van der Waals surface area (Å²) in [5.41, 5.74) is 0. The first-order valence-corrected chi connectivity index (χ1v) is 8.55. The summed E-state index contributed by atoms with van der Waals surface area (Å²) < 4.78 is 32.4. The molecule has 0 aliphatic rings. The Labute approximate surface area is 139 Å². The van der Waals surface area contributed by atoms with Crippen LogP contribution in [0.2, 0.25) is 10.2 Å². The van der Waals surface area contributed by atoms with Gasteiger partial charge in [0.2, 0.25) is 10.0 Å². The summed E-state index contributed by atoms with van der Waals surface area (Å²) in [5.74, 6) is 0.667. The van der Waals surface area contributed by atoms with Crippen molar-refractivity contribution >= 4 is 33.2 Å². The lowest BCUT2D eigenvalue weighted by Crippen LogP contribution is -2.34. The van der Waals surface area contributed by atoms with Crippen LogP contribution in [0.1, 0.15) is 11.8 Å². The van der Waals surface area contributed by atoms with E-state index in [0.29, 0.717) is 5.76 Å². The van der Waals surface area contributed by atoms with Crippen molar-refractivity contribution in [1.29, 1.82) is 0 Å². The smallest absolute Gasteiger partial charge is 0.242 e. The minimum Gasteiger partial charge on any atom is -0.468 e. The summed E-state index contributed by atoms with van der Waals surface area (Å²) in [6, 6.07) is 4.57. The lowest BCUT2D eigenvalue weighted by molar-refractivity contribution is 0.259. The van der Waals surface area contributed by atoms with Gasteiger partial charge in [-0.25, -0.2) is 18.1 Å². The van der Waals surface area contributed by atoms with Crippen molar-refractivity contribution in [2.45, 2.75) is 10.9 Å². The predicted octanol–water partition coefficient (Wildman–Crippen LogP) is 2.56. The molecule has 1 unspecified atom stereocenters. The molecule has 1 atom stereocenters.